The fourth-order valence-corrected chi connectivity index (χ4v) is 2.10. The average Bonchev–Trinajstić information content (AvgIpc) is 2.27. The summed E-state index contributed by atoms with van der Waals surface area (Å²) in [6.07, 6.45) is 0. The van der Waals surface area contributed by atoms with Crippen LogP contribution >= 0.6 is 0 Å². The molecule has 0 saturated heterocycles. The van der Waals surface area contributed by atoms with Gasteiger partial charge in [0, 0.05) is 0 Å². The van der Waals surface area contributed by atoms with Crippen molar-refractivity contribution in [1.82, 2.24) is 4.90 Å². The summed E-state index contributed by atoms with van der Waals surface area (Å²) in [6.45, 7) is 0. The Bertz CT molecular complexity index is 397. The number of methoxy groups -OCH3 is 2. The van der Waals surface area contributed by atoms with Crippen LogP contribution in [0.15, 0.2) is 12.1 Å². The molecule has 91 valence electrons. The normalized spacial score (nSPS) is 9.06. The van der Waals surface area contributed by atoms with Crippen LogP contribution in [0.5, 0.6) is 11.5 Å². The number of nitriles is 1. The molecule has 1 aromatic carbocycles. The standard InChI is InChI=1S/C9H8NO2.C3H9N.Sn/c1-11-8-3-4-9(12-2)7(5-8)6-10;1-4(2)3;/h3,5H,1-2H3;1-3H3;. The number of hydrogen-bond donors (Lipinski definition) is 0. The Balaban J connectivity index is 0.000000557. The van der Waals surface area contributed by atoms with Crippen LogP contribution in [0.2, 0.25) is 0 Å². The third-order valence-corrected chi connectivity index (χ3v) is 2.68. The van der Waals surface area contributed by atoms with Gasteiger partial charge in [0.25, 0.3) is 0 Å². The second-order valence-electron chi connectivity index (χ2n) is 3.71. The summed E-state index contributed by atoms with van der Waals surface area (Å²) in [4.78, 5) is 2.00. The van der Waals surface area contributed by atoms with E-state index >= 15 is 0 Å². The maximum atomic E-state index is 8.82. The summed E-state index contributed by atoms with van der Waals surface area (Å²) in [6, 6.07) is 5.62. The molecule has 0 saturated carbocycles. The Labute approximate surface area is 116 Å². The second-order valence-corrected chi connectivity index (χ2v) is 5.25. The molecule has 0 aromatic heterocycles. The number of hydrogen-bond acceptors (Lipinski definition) is 4. The zero-order valence-electron chi connectivity index (χ0n) is 10.9. The van der Waals surface area contributed by atoms with Gasteiger partial charge >= 0.3 is 90.3 Å². The molecule has 0 fully saturated rings. The molecule has 0 heterocycles. The van der Waals surface area contributed by atoms with E-state index in [1.807, 2.05) is 32.1 Å². The van der Waals surface area contributed by atoms with Gasteiger partial charge in [-0.15, -0.1) is 0 Å². The first kappa shape index (κ1) is 16.1. The van der Waals surface area contributed by atoms with E-state index in [2.05, 4.69) is 6.07 Å². The first-order chi connectivity index (χ1) is 7.96. The summed E-state index contributed by atoms with van der Waals surface area (Å²) in [5.74, 6) is 1.35. The summed E-state index contributed by atoms with van der Waals surface area (Å²) in [7, 11) is 9.15. The molecule has 0 bridgehead atoms. The molecule has 0 unspecified atom stereocenters. The molecule has 4 nitrogen and oxygen atoms in total. The van der Waals surface area contributed by atoms with E-state index in [-0.39, 0.29) is 0 Å². The van der Waals surface area contributed by atoms with E-state index in [1.54, 1.807) is 20.3 Å². The predicted molar refractivity (Wildman–Crippen MR) is 69.3 cm³/mol. The van der Waals surface area contributed by atoms with E-state index in [0.717, 1.165) is 3.58 Å². The summed E-state index contributed by atoms with van der Waals surface area (Å²) < 4.78 is 11.1. The van der Waals surface area contributed by atoms with Crippen LogP contribution in [-0.4, -0.2) is 62.8 Å². The zero-order chi connectivity index (χ0) is 13.4. The van der Waals surface area contributed by atoms with Crippen molar-refractivity contribution in [2.24, 2.45) is 0 Å². The molecule has 0 aliphatic rings. The molecule has 0 atom stereocenters. The van der Waals surface area contributed by atoms with Gasteiger partial charge in [0.05, 0.1) is 0 Å². The van der Waals surface area contributed by atoms with Crippen LogP contribution in [-0.2, 0) is 0 Å². The third kappa shape index (κ3) is 5.80. The van der Waals surface area contributed by atoms with Crippen LogP contribution in [0, 0.1) is 11.3 Å². The van der Waals surface area contributed by atoms with Gasteiger partial charge in [-0.2, -0.15) is 0 Å². The van der Waals surface area contributed by atoms with Crippen LogP contribution in [0.4, 0.5) is 0 Å². The number of benzene rings is 1. The second kappa shape index (κ2) is 8.20. The zero-order valence-corrected chi connectivity index (χ0v) is 13.7. The Morgan fingerprint density at radius 2 is 1.71 bits per heavy atom. The molecule has 1 rings (SSSR count). The number of rotatable bonds is 2. The number of ether oxygens (including phenoxy) is 2. The van der Waals surface area contributed by atoms with Gasteiger partial charge in [0.1, 0.15) is 0 Å². The van der Waals surface area contributed by atoms with E-state index in [9.17, 15) is 0 Å². The molecule has 0 aliphatic heterocycles. The van der Waals surface area contributed by atoms with Crippen LogP contribution in [0.25, 0.3) is 0 Å². The molecule has 3 radical (unpaired) electrons. The summed E-state index contributed by atoms with van der Waals surface area (Å²) in [5, 5.41) is 8.82. The third-order valence-electron chi connectivity index (χ3n) is 1.62. The van der Waals surface area contributed by atoms with Crippen molar-refractivity contribution in [2.45, 2.75) is 0 Å². The van der Waals surface area contributed by atoms with Gasteiger partial charge in [-0.25, -0.2) is 0 Å². The monoisotopic (exact) mass is 341 g/mol. The van der Waals surface area contributed by atoms with E-state index < -0.39 is 0 Å². The Morgan fingerprint density at radius 3 is 2.06 bits per heavy atom. The molecule has 1 aromatic rings. The fraction of sp³-hybridized carbons (Fsp3) is 0.417. The predicted octanol–water partition coefficient (Wildman–Crippen LogP) is 0.547. The number of nitrogens with zero attached hydrogens (tertiary/aromatic N) is 2. The first-order valence-corrected chi connectivity index (χ1v) is 6.37. The van der Waals surface area contributed by atoms with Crippen molar-refractivity contribution < 1.29 is 9.47 Å². The molecular weight excluding hydrogens is 323 g/mol. The van der Waals surface area contributed by atoms with Crippen molar-refractivity contribution in [3.05, 3.63) is 17.7 Å². The average molecular weight is 340 g/mol. The van der Waals surface area contributed by atoms with Crippen LogP contribution in [0.1, 0.15) is 5.56 Å². The van der Waals surface area contributed by atoms with Gasteiger partial charge in [0.2, 0.25) is 0 Å². The van der Waals surface area contributed by atoms with E-state index in [4.69, 9.17) is 14.7 Å². The Hall–Kier alpha value is -0.931. The fourth-order valence-electron chi connectivity index (χ4n) is 1.02. The Kier molecular flexibility index (Phi) is 7.75. The maximum absolute atomic E-state index is 8.82. The quantitative estimate of drug-likeness (QED) is 0.738. The minimum absolute atomic E-state index is 0.522. The van der Waals surface area contributed by atoms with Gasteiger partial charge in [-0.3, -0.25) is 0 Å². The van der Waals surface area contributed by atoms with Crippen LogP contribution in [0.3, 0.4) is 0 Å². The SMILES string of the molecule is CN(C)C.COc1c[c]([Sn])c(OC)c(C#N)c1. The van der Waals surface area contributed by atoms with Gasteiger partial charge < -0.3 is 4.90 Å². The molecule has 0 spiro atoms. The first-order valence-electron chi connectivity index (χ1n) is 4.94. The Morgan fingerprint density at radius 1 is 1.18 bits per heavy atom. The summed E-state index contributed by atoms with van der Waals surface area (Å²) in [5.41, 5.74) is 0.522. The summed E-state index contributed by atoms with van der Waals surface area (Å²) >= 11 is 1.20. The van der Waals surface area contributed by atoms with Crippen molar-refractivity contribution in [3.63, 3.8) is 0 Å². The van der Waals surface area contributed by atoms with Gasteiger partial charge in [-0.1, -0.05) is 0 Å². The molecule has 5 heteroatoms. The van der Waals surface area contributed by atoms with Gasteiger partial charge in [-0.05, 0) is 21.1 Å². The molecule has 0 N–H and O–H groups in total. The van der Waals surface area contributed by atoms with Crippen molar-refractivity contribution in [1.29, 1.82) is 5.26 Å². The molecule has 0 aliphatic carbocycles. The topological polar surface area (TPSA) is 45.5 Å². The minimum atomic E-state index is 0.522. The van der Waals surface area contributed by atoms with E-state index in [1.165, 1.54) is 22.5 Å². The van der Waals surface area contributed by atoms with Crippen molar-refractivity contribution in [3.8, 4) is 17.6 Å². The van der Waals surface area contributed by atoms with Crippen LogP contribution < -0.4 is 13.1 Å². The van der Waals surface area contributed by atoms with Crippen molar-refractivity contribution in [2.75, 3.05) is 35.4 Å². The van der Waals surface area contributed by atoms with Crippen molar-refractivity contribution >= 4 is 26.1 Å². The molecule has 0 amide bonds. The van der Waals surface area contributed by atoms with E-state index in [0.29, 0.717) is 17.1 Å². The molecular formula is C12H17N2O2Sn. The molecule has 17 heavy (non-hydrogen) atoms. The van der Waals surface area contributed by atoms with Gasteiger partial charge in [0.15, 0.2) is 0 Å².